The second-order valence-corrected chi connectivity index (χ2v) is 6.68. The van der Waals surface area contributed by atoms with Gasteiger partial charge in [0.2, 0.25) is 17.7 Å². The summed E-state index contributed by atoms with van der Waals surface area (Å²) in [4.78, 5) is 30.0. The van der Waals surface area contributed by atoms with Crippen molar-refractivity contribution in [1.29, 1.82) is 0 Å². The van der Waals surface area contributed by atoms with Crippen molar-refractivity contribution in [2.45, 2.75) is 46.6 Å². The van der Waals surface area contributed by atoms with Gasteiger partial charge in [0, 0.05) is 44.7 Å². The fourth-order valence-electron chi connectivity index (χ4n) is 2.92. The standard InChI is InChI=1S/C23H31N3O4/c1-4-26(5-2)23(28)13-9-12-21(27)24-16-18-14-15-22(25-17-18)30-20-11-8-7-10-19(20)29-6-3/h7-8,10-11,14-15,17H,4-6,9,12-13,16H2,1-3H3,(H,24,27). The first-order chi connectivity index (χ1) is 14.6. The summed E-state index contributed by atoms with van der Waals surface area (Å²) in [6.45, 7) is 8.16. The Morgan fingerprint density at radius 3 is 2.37 bits per heavy atom. The highest BCUT2D eigenvalue weighted by Crippen LogP contribution is 2.30. The van der Waals surface area contributed by atoms with E-state index in [4.69, 9.17) is 9.47 Å². The van der Waals surface area contributed by atoms with Crippen molar-refractivity contribution in [3.8, 4) is 17.4 Å². The van der Waals surface area contributed by atoms with E-state index in [2.05, 4.69) is 10.3 Å². The minimum Gasteiger partial charge on any atom is -0.490 e. The maximum Gasteiger partial charge on any atom is 0.222 e. The minimum absolute atomic E-state index is 0.0756. The zero-order valence-corrected chi connectivity index (χ0v) is 18.0. The normalized spacial score (nSPS) is 10.4. The van der Waals surface area contributed by atoms with Gasteiger partial charge in [-0.1, -0.05) is 18.2 Å². The third-order valence-electron chi connectivity index (χ3n) is 4.56. The van der Waals surface area contributed by atoms with Crippen molar-refractivity contribution >= 4 is 11.8 Å². The van der Waals surface area contributed by atoms with Crippen LogP contribution in [0.3, 0.4) is 0 Å². The summed E-state index contributed by atoms with van der Waals surface area (Å²) in [6.07, 6.45) is 2.94. The van der Waals surface area contributed by atoms with E-state index >= 15 is 0 Å². The lowest BCUT2D eigenvalue weighted by Crippen LogP contribution is -2.30. The number of hydrogen-bond acceptors (Lipinski definition) is 5. The van der Waals surface area contributed by atoms with Crippen molar-refractivity contribution in [3.05, 3.63) is 48.2 Å². The van der Waals surface area contributed by atoms with E-state index in [1.807, 2.05) is 51.1 Å². The van der Waals surface area contributed by atoms with E-state index in [9.17, 15) is 9.59 Å². The number of pyridine rings is 1. The molecule has 0 spiro atoms. The molecule has 0 aliphatic carbocycles. The van der Waals surface area contributed by atoms with E-state index < -0.39 is 0 Å². The Balaban J connectivity index is 1.77. The van der Waals surface area contributed by atoms with Crippen LogP contribution in [-0.4, -0.2) is 41.4 Å². The second kappa shape index (κ2) is 12.5. The predicted octanol–water partition coefficient (Wildman–Crippen LogP) is 3.93. The number of ether oxygens (including phenoxy) is 2. The van der Waals surface area contributed by atoms with E-state index in [1.165, 1.54) is 0 Å². The van der Waals surface area contributed by atoms with Crippen LogP contribution >= 0.6 is 0 Å². The number of para-hydroxylation sites is 2. The molecule has 2 rings (SSSR count). The highest BCUT2D eigenvalue weighted by molar-refractivity contribution is 5.78. The van der Waals surface area contributed by atoms with Crippen LogP contribution < -0.4 is 14.8 Å². The summed E-state index contributed by atoms with van der Waals surface area (Å²) in [7, 11) is 0. The van der Waals surface area contributed by atoms with Crippen molar-refractivity contribution in [2.75, 3.05) is 19.7 Å². The number of nitrogens with one attached hydrogen (secondary N) is 1. The quantitative estimate of drug-likeness (QED) is 0.570. The van der Waals surface area contributed by atoms with Crippen LogP contribution in [0.1, 0.15) is 45.6 Å². The number of rotatable bonds is 12. The molecule has 0 unspecified atom stereocenters. The van der Waals surface area contributed by atoms with Crippen LogP contribution in [0.2, 0.25) is 0 Å². The largest absolute Gasteiger partial charge is 0.490 e. The average Bonchev–Trinajstić information content (AvgIpc) is 2.76. The first-order valence-corrected chi connectivity index (χ1v) is 10.5. The molecule has 1 aromatic heterocycles. The van der Waals surface area contributed by atoms with E-state index in [1.54, 1.807) is 17.2 Å². The number of carbonyl (C=O) groups excluding carboxylic acids is 2. The number of nitrogens with zero attached hydrogens (tertiary/aromatic N) is 2. The Morgan fingerprint density at radius 1 is 1.00 bits per heavy atom. The van der Waals surface area contributed by atoms with Gasteiger partial charge in [-0.2, -0.15) is 0 Å². The lowest BCUT2D eigenvalue weighted by atomic mass is 10.2. The molecule has 0 radical (unpaired) electrons. The molecule has 2 amide bonds. The Morgan fingerprint density at radius 2 is 1.73 bits per heavy atom. The number of aromatic nitrogens is 1. The molecule has 1 N–H and O–H groups in total. The Hall–Kier alpha value is -3.09. The van der Waals surface area contributed by atoms with Crippen molar-refractivity contribution in [3.63, 3.8) is 0 Å². The van der Waals surface area contributed by atoms with E-state index in [-0.39, 0.29) is 11.8 Å². The lowest BCUT2D eigenvalue weighted by Gasteiger charge is -2.18. The van der Waals surface area contributed by atoms with Gasteiger partial charge >= 0.3 is 0 Å². The first kappa shape index (κ1) is 23.2. The average molecular weight is 414 g/mol. The molecule has 1 aromatic carbocycles. The van der Waals surface area contributed by atoms with Gasteiger partial charge in [0.15, 0.2) is 11.5 Å². The van der Waals surface area contributed by atoms with Gasteiger partial charge in [-0.25, -0.2) is 4.98 Å². The Bertz CT molecular complexity index is 804. The number of carbonyl (C=O) groups is 2. The zero-order chi connectivity index (χ0) is 21.8. The van der Waals surface area contributed by atoms with Gasteiger partial charge in [-0.15, -0.1) is 0 Å². The van der Waals surface area contributed by atoms with Gasteiger partial charge in [0.25, 0.3) is 0 Å². The fourth-order valence-corrected chi connectivity index (χ4v) is 2.92. The molecule has 0 fully saturated rings. The van der Waals surface area contributed by atoms with Gasteiger partial charge in [0.1, 0.15) is 0 Å². The summed E-state index contributed by atoms with van der Waals surface area (Å²) in [5, 5.41) is 2.86. The minimum atomic E-state index is -0.0756. The number of amides is 2. The third kappa shape index (κ3) is 7.39. The SMILES string of the molecule is CCOc1ccccc1Oc1ccc(CNC(=O)CCCC(=O)N(CC)CC)cn1. The summed E-state index contributed by atoms with van der Waals surface area (Å²) in [6, 6.07) is 11.0. The summed E-state index contributed by atoms with van der Waals surface area (Å²) >= 11 is 0. The highest BCUT2D eigenvalue weighted by atomic mass is 16.5. The summed E-state index contributed by atoms with van der Waals surface area (Å²) in [5.41, 5.74) is 0.869. The van der Waals surface area contributed by atoms with Crippen LogP contribution in [0.15, 0.2) is 42.6 Å². The van der Waals surface area contributed by atoms with E-state index in [0.29, 0.717) is 62.9 Å². The Kier molecular flexibility index (Phi) is 9.64. The molecule has 0 bridgehead atoms. The molecule has 7 heteroatoms. The monoisotopic (exact) mass is 413 g/mol. The molecule has 1 heterocycles. The van der Waals surface area contributed by atoms with Crippen LogP contribution in [-0.2, 0) is 16.1 Å². The summed E-state index contributed by atoms with van der Waals surface area (Å²) in [5.74, 6) is 1.74. The topological polar surface area (TPSA) is 80.8 Å². The molecule has 162 valence electrons. The van der Waals surface area contributed by atoms with Crippen molar-refractivity contribution in [2.24, 2.45) is 0 Å². The molecule has 0 saturated carbocycles. The molecular formula is C23H31N3O4. The summed E-state index contributed by atoms with van der Waals surface area (Å²) < 4.78 is 11.3. The molecule has 0 aliphatic rings. The lowest BCUT2D eigenvalue weighted by molar-refractivity contribution is -0.131. The highest BCUT2D eigenvalue weighted by Gasteiger charge is 2.11. The third-order valence-corrected chi connectivity index (χ3v) is 4.56. The van der Waals surface area contributed by atoms with Crippen molar-refractivity contribution < 1.29 is 19.1 Å². The molecule has 0 aliphatic heterocycles. The molecule has 0 atom stereocenters. The smallest absolute Gasteiger partial charge is 0.222 e. The molecule has 30 heavy (non-hydrogen) atoms. The van der Waals surface area contributed by atoms with Crippen molar-refractivity contribution in [1.82, 2.24) is 15.2 Å². The van der Waals surface area contributed by atoms with Crippen LogP contribution in [0.25, 0.3) is 0 Å². The van der Waals surface area contributed by atoms with Crippen LogP contribution in [0, 0.1) is 0 Å². The first-order valence-electron chi connectivity index (χ1n) is 10.5. The van der Waals surface area contributed by atoms with Gasteiger partial charge < -0.3 is 19.7 Å². The molecule has 7 nitrogen and oxygen atoms in total. The predicted molar refractivity (Wildman–Crippen MR) is 116 cm³/mol. The fraction of sp³-hybridized carbons (Fsp3) is 0.435. The zero-order valence-electron chi connectivity index (χ0n) is 18.0. The van der Waals surface area contributed by atoms with Gasteiger partial charge in [0.05, 0.1) is 6.61 Å². The molecular weight excluding hydrogens is 382 g/mol. The van der Waals surface area contributed by atoms with Crippen LogP contribution in [0.5, 0.6) is 17.4 Å². The maximum absolute atomic E-state index is 12.0. The maximum atomic E-state index is 12.0. The second-order valence-electron chi connectivity index (χ2n) is 6.68. The van der Waals surface area contributed by atoms with E-state index in [0.717, 1.165) is 5.56 Å². The van der Waals surface area contributed by atoms with Crippen LogP contribution in [0.4, 0.5) is 0 Å². The Labute approximate surface area is 178 Å². The van der Waals surface area contributed by atoms with Gasteiger partial charge in [-0.3, -0.25) is 9.59 Å². The number of hydrogen-bond donors (Lipinski definition) is 1. The van der Waals surface area contributed by atoms with Gasteiger partial charge in [-0.05, 0) is 44.9 Å². The number of benzene rings is 1. The molecule has 0 saturated heterocycles. The molecule has 2 aromatic rings.